The fourth-order valence-corrected chi connectivity index (χ4v) is 3.57. The molecule has 31 heavy (non-hydrogen) atoms. The number of benzene rings is 2. The van der Waals surface area contributed by atoms with Gasteiger partial charge < -0.3 is 20.5 Å². The Kier molecular flexibility index (Phi) is 7.76. The van der Waals surface area contributed by atoms with Gasteiger partial charge >= 0.3 is 0 Å². The second kappa shape index (κ2) is 10.1. The number of ether oxygens (including phenoxy) is 2. The van der Waals surface area contributed by atoms with Crippen LogP contribution in [0.15, 0.2) is 65.8 Å². The molecule has 0 heterocycles. The molecule has 0 bridgehead atoms. The van der Waals surface area contributed by atoms with Crippen molar-refractivity contribution >= 4 is 21.1 Å². The first-order valence-electron chi connectivity index (χ1n) is 8.92. The first-order valence-corrected chi connectivity index (χ1v) is 11.1. The summed E-state index contributed by atoms with van der Waals surface area (Å²) in [5.74, 6) is -0.814. The fraction of sp³-hybridized carbons (Fsp3) is 0.190. The Morgan fingerprint density at radius 1 is 1.29 bits per heavy atom. The monoisotopic (exact) mass is 450 g/mol. The third-order valence-corrected chi connectivity index (χ3v) is 4.85. The largest absolute Gasteiger partial charge is 0.497 e. The number of halogens is 2. The van der Waals surface area contributed by atoms with E-state index in [1.165, 1.54) is 26.5 Å². The average molecular weight is 451 g/mol. The first-order chi connectivity index (χ1) is 14.6. The molecule has 0 radical (unpaired) electrons. The number of anilines is 1. The van der Waals surface area contributed by atoms with E-state index in [1.54, 1.807) is 18.2 Å². The van der Waals surface area contributed by atoms with Crippen molar-refractivity contribution < 1.29 is 22.5 Å². The van der Waals surface area contributed by atoms with Gasteiger partial charge in [-0.15, -0.1) is 0 Å². The molecule has 10 heteroatoms. The molecule has 0 saturated carbocycles. The van der Waals surface area contributed by atoms with E-state index < -0.39 is 21.4 Å². The van der Waals surface area contributed by atoms with E-state index in [4.69, 9.17) is 20.0 Å². The molecule has 1 unspecified atom stereocenters. The molecule has 0 aliphatic heterocycles. The van der Waals surface area contributed by atoms with Crippen LogP contribution in [0.3, 0.4) is 0 Å². The maximum Gasteiger partial charge on any atom is 0.165 e. The minimum atomic E-state index is -2.78. The van der Waals surface area contributed by atoms with E-state index >= 15 is 0 Å². The highest BCUT2D eigenvalue weighted by Gasteiger charge is 2.16. The molecular formula is C21H24F2N4O3S. The van der Waals surface area contributed by atoms with E-state index in [0.717, 1.165) is 18.3 Å². The Bertz CT molecular complexity index is 1150. The smallest absolute Gasteiger partial charge is 0.165 e. The highest BCUT2D eigenvalue weighted by atomic mass is 32.2. The molecular weight excluding hydrogens is 426 g/mol. The molecule has 0 amide bonds. The maximum atomic E-state index is 14.5. The van der Waals surface area contributed by atoms with Crippen LogP contribution in [0.2, 0.25) is 0 Å². The molecule has 7 nitrogen and oxygen atoms in total. The van der Waals surface area contributed by atoms with Gasteiger partial charge in [-0.3, -0.25) is 4.78 Å². The predicted molar refractivity (Wildman–Crippen MR) is 119 cm³/mol. The predicted octanol–water partition coefficient (Wildman–Crippen LogP) is 4.16. The molecule has 0 fully saturated rings. The van der Waals surface area contributed by atoms with Crippen LogP contribution in [0, 0.1) is 10.6 Å². The van der Waals surface area contributed by atoms with Crippen molar-refractivity contribution in [2.45, 2.75) is 5.75 Å². The molecule has 0 aliphatic rings. The van der Waals surface area contributed by atoms with Gasteiger partial charge in [0.05, 0.1) is 20.0 Å². The summed E-state index contributed by atoms with van der Waals surface area (Å²) in [6.07, 6.45) is 2.07. The summed E-state index contributed by atoms with van der Waals surface area (Å²) in [6, 6.07) is 8.53. The van der Waals surface area contributed by atoms with Crippen molar-refractivity contribution in [3.05, 3.63) is 77.8 Å². The van der Waals surface area contributed by atoms with Crippen molar-refractivity contribution in [3.63, 3.8) is 0 Å². The fourth-order valence-electron chi connectivity index (χ4n) is 2.76. The molecule has 0 saturated heterocycles. The number of aliphatic imine (C=N–C) groups is 1. The minimum absolute atomic E-state index is 0.0250. The summed E-state index contributed by atoms with van der Waals surface area (Å²) in [5.41, 5.74) is 6.39. The maximum absolute atomic E-state index is 14.5. The van der Waals surface area contributed by atoms with Crippen molar-refractivity contribution in [2.75, 3.05) is 25.8 Å². The van der Waals surface area contributed by atoms with Gasteiger partial charge in [-0.2, -0.15) is 0 Å². The molecule has 2 aromatic carbocycles. The van der Waals surface area contributed by atoms with Gasteiger partial charge in [0.15, 0.2) is 5.83 Å². The van der Waals surface area contributed by atoms with Crippen molar-refractivity contribution in [1.29, 1.82) is 4.78 Å². The Morgan fingerprint density at radius 2 is 2.00 bits per heavy atom. The van der Waals surface area contributed by atoms with E-state index in [-0.39, 0.29) is 28.6 Å². The normalized spacial score (nSPS) is 14.0. The number of methoxy groups -OCH3 is 2. The Balaban J connectivity index is 2.44. The van der Waals surface area contributed by atoms with Crippen LogP contribution in [0.1, 0.15) is 11.1 Å². The number of hydrogen-bond donors (Lipinski definition) is 3. The van der Waals surface area contributed by atoms with Gasteiger partial charge in [0.1, 0.15) is 28.8 Å². The summed E-state index contributed by atoms with van der Waals surface area (Å²) in [5, 5.41) is 2.91. The van der Waals surface area contributed by atoms with Crippen LogP contribution in [0.25, 0.3) is 0 Å². The van der Waals surface area contributed by atoms with Crippen LogP contribution in [-0.2, 0) is 15.5 Å². The van der Waals surface area contributed by atoms with E-state index in [0.29, 0.717) is 17.0 Å². The molecule has 4 N–H and O–H groups in total. The number of nitrogens with zero attached hydrogens (tertiary/aromatic N) is 1. The molecule has 2 aromatic rings. The van der Waals surface area contributed by atoms with Crippen LogP contribution in [0.5, 0.6) is 11.5 Å². The van der Waals surface area contributed by atoms with Gasteiger partial charge in [-0.1, -0.05) is 6.58 Å². The van der Waals surface area contributed by atoms with Crippen LogP contribution < -0.4 is 20.5 Å². The summed E-state index contributed by atoms with van der Waals surface area (Å²) < 4.78 is 57.9. The summed E-state index contributed by atoms with van der Waals surface area (Å²) in [6.45, 7) is 3.78. The lowest BCUT2D eigenvalue weighted by molar-refractivity contribution is 0.410. The average Bonchev–Trinajstić information content (AvgIpc) is 2.70. The van der Waals surface area contributed by atoms with Gasteiger partial charge in [0, 0.05) is 45.6 Å². The lowest BCUT2D eigenvalue weighted by atomic mass is 10.1. The molecule has 166 valence electrons. The van der Waals surface area contributed by atoms with Crippen molar-refractivity contribution in [1.82, 2.24) is 0 Å². The van der Waals surface area contributed by atoms with Gasteiger partial charge in [-0.05, 0) is 29.8 Å². The summed E-state index contributed by atoms with van der Waals surface area (Å²) in [7, 11) is 0.0176. The van der Waals surface area contributed by atoms with Crippen LogP contribution >= 0.6 is 0 Å². The Morgan fingerprint density at radius 3 is 2.58 bits per heavy atom. The molecule has 1 atom stereocenters. The topological polar surface area (TPSA) is 110 Å². The standard InChI is InChI=1S/C21H24F2N4O3S/c1-13(26-16-7-14(12-31(4,25)28)8-17(10-16)29-2)27-21(19(23)11-24)18-6-5-15(22)9-20(18)30-3/h5-11,25-26H,1,12,24H2,2-4H3/b19-11+,27-21-. The summed E-state index contributed by atoms with van der Waals surface area (Å²) >= 11 is 0. The number of nitrogens with one attached hydrogen (secondary N) is 2. The van der Waals surface area contributed by atoms with Crippen LogP contribution in [-0.4, -0.2) is 30.4 Å². The highest BCUT2D eigenvalue weighted by Crippen LogP contribution is 2.26. The Hall–Kier alpha value is -3.40. The highest BCUT2D eigenvalue weighted by molar-refractivity contribution is 7.90. The van der Waals surface area contributed by atoms with Gasteiger partial charge in [0.25, 0.3) is 0 Å². The number of allylic oxidation sites excluding steroid dienone is 1. The summed E-state index contributed by atoms with van der Waals surface area (Å²) in [4.78, 5) is 4.16. The molecule has 0 aromatic heterocycles. The first kappa shape index (κ1) is 23.9. The second-order valence-electron chi connectivity index (χ2n) is 6.61. The quantitative estimate of drug-likeness (QED) is 0.497. The lowest BCUT2D eigenvalue weighted by Gasteiger charge is -2.13. The van der Waals surface area contributed by atoms with Gasteiger partial charge in [0.2, 0.25) is 0 Å². The van der Waals surface area contributed by atoms with E-state index in [1.807, 2.05) is 0 Å². The molecule has 2 rings (SSSR count). The van der Waals surface area contributed by atoms with Crippen molar-refractivity contribution in [2.24, 2.45) is 10.7 Å². The second-order valence-corrected chi connectivity index (χ2v) is 8.91. The Labute approximate surface area is 180 Å². The number of nitrogens with two attached hydrogens (primary N) is 1. The number of hydrogen-bond acceptors (Lipinski definition) is 7. The SMILES string of the molecule is C=C(/N=C(\C(F)=C/N)c1ccc(F)cc1OC)Nc1cc(CS(C)(=N)=O)cc(OC)c1. The third-order valence-electron chi connectivity index (χ3n) is 3.97. The lowest BCUT2D eigenvalue weighted by Crippen LogP contribution is -2.09. The minimum Gasteiger partial charge on any atom is -0.497 e. The molecule has 0 spiro atoms. The molecule has 0 aliphatic carbocycles. The zero-order chi connectivity index (χ0) is 23.2. The van der Waals surface area contributed by atoms with E-state index in [9.17, 15) is 13.0 Å². The van der Waals surface area contributed by atoms with E-state index in [2.05, 4.69) is 16.9 Å². The zero-order valence-electron chi connectivity index (χ0n) is 17.4. The third kappa shape index (κ3) is 6.82. The van der Waals surface area contributed by atoms with Crippen LogP contribution in [0.4, 0.5) is 14.5 Å². The van der Waals surface area contributed by atoms with Gasteiger partial charge in [-0.25, -0.2) is 18.0 Å². The van der Waals surface area contributed by atoms with Crippen molar-refractivity contribution in [3.8, 4) is 11.5 Å². The zero-order valence-corrected chi connectivity index (χ0v) is 18.2. The number of rotatable bonds is 9.